The summed E-state index contributed by atoms with van der Waals surface area (Å²) in [6.07, 6.45) is 2.26. The Kier molecular flexibility index (Phi) is 6.51. The minimum Gasteiger partial charge on any atom is -0.316 e. The van der Waals surface area contributed by atoms with Crippen molar-refractivity contribution in [3.05, 3.63) is 71.7 Å². The second-order valence-electron chi connectivity index (χ2n) is 5.60. The highest BCUT2D eigenvalue weighted by Gasteiger charge is 2.29. The van der Waals surface area contributed by atoms with E-state index in [0.29, 0.717) is 3.97 Å². The number of nitrogens with one attached hydrogen (secondary N) is 1. The smallest absolute Gasteiger partial charge is 0.269 e. The number of hydrogen-bond donors (Lipinski definition) is 1. The summed E-state index contributed by atoms with van der Waals surface area (Å²) in [5, 5.41) is 12.0. The van der Waals surface area contributed by atoms with Crippen molar-refractivity contribution in [3.8, 4) is 17.3 Å². The Balaban J connectivity index is 0.00000280. The zero-order valence-corrected chi connectivity index (χ0v) is 16.2. The molecule has 0 radical (unpaired) electrons. The summed E-state index contributed by atoms with van der Waals surface area (Å²) >= 11 is 0. The molecule has 0 spiro atoms. The maximum absolute atomic E-state index is 15.0. The summed E-state index contributed by atoms with van der Waals surface area (Å²) in [7, 11) is -2.80. The average molecular weight is 425 g/mol. The first-order chi connectivity index (χ1) is 12.9. The molecule has 0 unspecified atom stereocenters. The first kappa shape index (κ1) is 21.5. The van der Waals surface area contributed by atoms with Crippen molar-refractivity contribution in [1.82, 2.24) is 14.3 Å². The maximum Gasteiger partial charge on any atom is 0.269 e. The van der Waals surface area contributed by atoms with E-state index in [1.165, 1.54) is 42.6 Å². The molecular formula is C18H15ClF2N4O2S. The van der Waals surface area contributed by atoms with Gasteiger partial charge in [-0.1, -0.05) is 12.1 Å². The Bertz CT molecular complexity index is 1160. The van der Waals surface area contributed by atoms with Gasteiger partial charge < -0.3 is 5.32 Å². The Morgan fingerprint density at radius 2 is 1.93 bits per heavy atom. The molecule has 10 heteroatoms. The van der Waals surface area contributed by atoms with E-state index in [1.54, 1.807) is 13.1 Å². The number of aromatic nitrogens is 2. The lowest BCUT2D eigenvalue weighted by Crippen LogP contribution is -2.15. The van der Waals surface area contributed by atoms with E-state index >= 15 is 0 Å². The topological polar surface area (TPSA) is 87.8 Å². The lowest BCUT2D eigenvalue weighted by Gasteiger charge is -2.12. The predicted octanol–water partition coefficient (Wildman–Crippen LogP) is 3.08. The summed E-state index contributed by atoms with van der Waals surface area (Å²) < 4.78 is 56.2. The van der Waals surface area contributed by atoms with Gasteiger partial charge in [-0.05, 0) is 31.3 Å². The van der Waals surface area contributed by atoms with Crippen LogP contribution < -0.4 is 5.32 Å². The lowest BCUT2D eigenvalue weighted by atomic mass is 10.2. The number of nitrogens with zero attached hydrogens (tertiary/aromatic N) is 3. The van der Waals surface area contributed by atoms with Crippen molar-refractivity contribution < 1.29 is 17.2 Å². The Morgan fingerprint density at radius 1 is 1.21 bits per heavy atom. The molecule has 146 valence electrons. The number of rotatable bonds is 5. The first-order valence-electron chi connectivity index (χ1n) is 7.81. The van der Waals surface area contributed by atoms with Gasteiger partial charge in [0.2, 0.25) is 5.95 Å². The first-order valence-corrected chi connectivity index (χ1v) is 9.25. The van der Waals surface area contributed by atoms with E-state index in [1.807, 2.05) is 0 Å². The normalized spacial score (nSPS) is 10.9. The van der Waals surface area contributed by atoms with E-state index in [4.69, 9.17) is 0 Å². The second kappa shape index (κ2) is 8.48. The van der Waals surface area contributed by atoms with Crippen LogP contribution in [0.5, 0.6) is 0 Å². The third-order valence-electron chi connectivity index (χ3n) is 3.91. The molecule has 3 aromatic rings. The van der Waals surface area contributed by atoms with Crippen LogP contribution in [0.25, 0.3) is 11.3 Å². The molecule has 3 rings (SSSR count). The maximum atomic E-state index is 15.0. The lowest BCUT2D eigenvalue weighted by molar-refractivity contribution is 0.575. The van der Waals surface area contributed by atoms with E-state index in [0.717, 1.165) is 6.20 Å². The van der Waals surface area contributed by atoms with E-state index < -0.39 is 27.5 Å². The van der Waals surface area contributed by atoms with Gasteiger partial charge in [0, 0.05) is 24.5 Å². The van der Waals surface area contributed by atoms with Gasteiger partial charge in [0.1, 0.15) is 16.7 Å². The van der Waals surface area contributed by atoms with Gasteiger partial charge in [-0.2, -0.15) is 9.65 Å². The van der Waals surface area contributed by atoms with Crippen molar-refractivity contribution >= 4 is 22.4 Å². The molecule has 0 bridgehead atoms. The Morgan fingerprint density at radius 3 is 2.57 bits per heavy atom. The van der Waals surface area contributed by atoms with Crippen LogP contribution in [0, 0.1) is 23.1 Å². The highest BCUT2D eigenvalue weighted by Crippen LogP contribution is 2.32. The van der Waals surface area contributed by atoms with Crippen molar-refractivity contribution in [1.29, 1.82) is 5.26 Å². The van der Waals surface area contributed by atoms with Crippen LogP contribution in [-0.2, 0) is 16.6 Å². The standard InChI is InChI=1S/C18H14F2N4O2S.ClH/c1-22-10-13-11-24(17(16(13)19)14-6-4-8-23-18(14)20)27(25,26)15-7-3-2-5-12(15)9-21;/h2-8,11,22H,10H2,1H3;1H. The van der Waals surface area contributed by atoms with Crippen LogP contribution in [0.4, 0.5) is 8.78 Å². The molecule has 2 aromatic heterocycles. The molecule has 0 atom stereocenters. The molecule has 0 aliphatic carbocycles. The summed E-state index contributed by atoms with van der Waals surface area (Å²) in [5.41, 5.74) is -0.831. The van der Waals surface area contributed by atoms with Crippen molar-refractivity contribution in [3.63, 3.8) is 0 Å². The number of halogens is 3. The molecule has 0 saturated carbocycles. The molecule has 0 aliphatic rings. The molecule has 28 heavy (non-hydrogen) atoms. The Labute approximate surface area is 166 Å². The van der Waals surface area contributed by atoms with Gasteiger partial charge in [-0.3, -0.25) is 0 Å². The monoisotopic (exact) mass is 424 g/mol. The third-order valence-corrected chi connectivity index (χ3v) is 5.63. The number of hydrogen-bond acceptors (Lipinski definition) is 5. The second-order valence-corrected chi connectivity index (χ2v) is 7.38. The summed E-state index contributed by atoms with van der Waals surface area (Å²) in [4.78, 5) is 3.17. The molecule has 0 fully saturated rings. The van der Waals surface area contributed by atoms with Gasteiger partial charge in [-0.25, -0.2) is 21.8 Å². The molecule has 0 saturated heterocycles. The highest BCUT2D eigenvalue weighted by atomic mass is 35.5. The molecule has 6 nitrogen and oxygen atoms in total. The van der Waals surface area contributed by atoms with Crippen LogP contribution in [0.15, 0.2) is 53.7 Å². The van der Waals surface area contributed by atoms with Crippen molar-refractivity contribution in [2.45, 2.75) is 11.4 Å². The fourth-order valence-electron chi connectivity index (χ4n) is 2.70. The van der Waals surface area contributed by atoms with Crippen molar-refractivity contribution in [2.75, 3.05) is 7.05 Å². The average Bonchev–Trinajstić information content (AvgIpc) is 2.99. The largest absolute Gasteiger partial charge is 0.316 e. The van der Waals surface area contributed by atoms with Gasteiger partial charge in [0.05, 0.1) is 11.1 Å². The fourth-order valence-corrected chi connectivity index (χ4v) is 4.24. The predicted molar refractivity (Wildman–Crippen MR) is 101 cm³/mol. The van der Waals surface area contributed by atoms with Crippen molar-refractivity contribution in [2.24, 2.45) is 0 Å². The van der Waals surface area contributed by atoms with E-state index in [9.17, 15) is 22.5 Å². The van der Waals surface area contributed by atoms with Crippen LogP contribution in [0.3, 0.4) is 0 Å². The number of nitriles is 1. The molecular weight excluding hydrogens is 410 g/mol. The van der Waals surface area contributed by atoms with Gasteiger partial charge in [0.15, 0.2) is 5.82 Å². The van der Waals surface area contributed by atoms with Gasteiger partial charge in [-0.15, -0.1) is 12.4 Å². The molecule has 2 heterocycles. The SMILES string of the molecule is CNCc1cn(S(=O)(=O)c2ccccc2C#N)c(-c2cccnc2F)c1F.Cl. The number of pyridine rings is 1. The summed E-state index contributed by atoms with van der Waals surface area (Å²) in [6.45, 7) is 0.0309. The van der Waals surface area contributed by atoms with Gasteiger partial charge in [0.25, 0.3) is 10.0 Å². The van der Waals surface area contributed by atoms with Crippen LogP contribution in [0.2, 0.25) is 0 Å². The minimum absolute atomic E-state index is 0. The number of benzene rings is 1. The zero-order valence-electron chi connectivity index (χ0n) is 14.6. The Hall–Kier alpha value is -2.80. The van der Waals surface area contributed by atoms with Crippen LogP contribution >= 0.6 is 12.4 Å². The fraction of sp³-hybridized carbons (Fsp3) is 0.111. The summed E-state index contributed by atoms with van der Waals surface area (Å²) in [5.74, 6) is -1.88. The molecule has 1 aromatic carbocycles. The highest BCUT2D eigenvalue weighted by molar-refractivity contribution is 7.90. The zero-order chi connectivity index (χ0) is 19.6. The summed E-state index contributed by atoms with van der Waals surface area (Å²) in [6, 6.07) is 9.97. The van der Waals surface area contributed by atoms with Gasteiger partial charge >= 0.3 is 0 Å². The molecule has 0 aliphatic heterocycles. The molecule has 0 amide bonds. The van der Waals surface area contributed by atoms with Crippen LogP contribution in [0.1, 0.15) is 11.1 Å². The van der Waals surface area contributed by atoms with Crippen LogP contribution in [-0.4, -0.2) is 24.4 Å². The quantitative estimate of drug-likeness (QED) is 0.636. The third kappa shape index (κ3) is 3.62. The van der Waals surface area contributed by atoms with E-state index in [-0.39, 0.29) is 40.5 Å². The minimum atomic E-state index is -4.37. The molecule has 1 N–H and O–H groups in total. The van der Waals surface area contributed by atoms with E-state index in [2.05, 4.69) is 10.3 Å².